The van der Waals surface area contributed by atoms with E-state index in [1.807, 2.05) is 67.0 Å². The van der Waals surface area contributed by atoms with Crippen LogP contribution in [-0.4, -0.2) is 95.2 Å². The molecule has 2 aromatic heterocycles. The van der Waals surface area contributed by atoms with Crippen molar-refractivity contribution in [3.05, 3.63) is 98.9 Å². The van der Waals surface area contributed by atoms with E-state index in [0.29, 0.717) is 57.9 Å². The lowest BCUT2D eigenvalue weighted by Gasteiger charge is -2.29. The Bertz CT molecular complexity index is 1650. The maximum absolute atomic E-state index is 13.6. The molecule has 0 bridgehead atoms. The number of H-pyrrole nitrogens is 1. The lowest BCUT2D eigenvalue weighted by atomic mass is 9.99. The number of aromatic nitrogens is 2. The standard InChI is InChI=1S/C33H49N7O5S2.C7H8/c1-23(2)31-36-27(22-46-31)20-39(4)32(42)38-29(12-13-40-14-16-44-17-15-40)30(41)35-24(3)10-11-26(18-25-8-6-5-7-9-25)37-33(43)45-21-28-19-34-47-28;1-7-5-3-2-4-6-7/h5-9,19,22-24,26,29,34H,10-18,20-21H2,1-4H3,(H,35,41)(H,37,43)(H,38,42);2-6H,1H3. The maximum atomic E-state index is 13.6. The lowest BCUT2D eigenvalue weighted by Crippen LogP contribution is -2.53. The van der Waals surface area contributed by atoms with Crippen LogP contribution >= 0.6 is 22.9 Å². The van der Waals surface area contributed by atoms with Gasteiger partial charge in [-0.05, 0) is 45.1 Å². The summed E-state index contributed by atoms with van der Waals surface area (Å²) in [6.45, 7) is 12.4. The van der Waals surface area contributed by atoms with Crippen LogP contribution in [0, 0.1) is 6.92 Å². The molecule has 1 aliphatic rings. The fraction of sp³-hybridized carbons (Fsp3) is 0.500. The average Bonchev–Trinajstić information content (AvgIpc) is 3.62. The van der Waals surface area contributed by atoms with E-state index < -0.39 is 12.1 Å². The number of thiazole rings is 1. The molecular weight excluding hydrogens is 723 g/mol. The molecule has 2 aromatic carbocycles. The predicted molar refractivity (Wildman–Crippen MR) is 216 cm³/mol. The first-order valence-corrected chi connectivity index (χ1v) is 20.4. The molecule has 4 N–H and O–H groups in total. The van der Waals surface area contributed by atoms with Crippen LogP contribution in [0.15, 0.2) is 72.2 Å². The summed E-state index contributed by atoms with van der Waals surface area (Å²) in [5.41, 5.74) is 3.25. The molecule has 4 aromatic rings. The Balaban J connectivity index is 0.000000831. The molecule has 1 aliphatic heterocycles. The van der Waals surface area contributed by atoms with Crippen molar-refractivity contribution < 1.29 is 23.9 Å². The fourth-order valence-electron chi connectivity index (χ4n) is 5.72. The van der Waals surface area contributed by atoms with Gasteiger partial charge in [-0.2, -0.15) is 0 Å². The van der Waals surface area contributed by atoms with Gasteiger partial charge < -0.3 is 34.7 Å². The number of nitrogens with zero attached hydrogens (tertiary/aromatic N) is 3. The number of rotatable bonds is 17. The number of ether oxygens (including phenoxy) is 2. The highest BCUT2D eigenvalue weighted by Gasteiger charge is 2.26. The summed E-state index contributed by atoms with van der Waals surface area (Å²) in [7, 11) is 1.72. The lowest BCUT2D eigenvalue weighted by molar-refractivity contribution is -0.124. The predicted octanol–water partition coefficient (Wildman–Crippen LogP) is 6.71. The Kier molecular flexibility index (Phi) is 18.0. The zero-order valence-electron chi connectivity index (χ0n) is 32.2. The van der Waals surface area contributed by atoms with Crippen molar-refractivity contribution in [2.24, 2.45) is 0 Å². The van der Waals surface area contributed by atoms with Gasteiger partial charge in [0.2, 0.25) is 5.91 Å². The molecular formula is C40H57N7O5S2. The van der Waals surface area contributed by atoms with Gasteiger partial charge in [-0.1, -0.05) is 91.6 Å². The monoisotopic (exact) mass is 779 g/mol. The van der Waals surface area contributed by atoms with Crippen molar-refractivity contribution in [2.45, 2.75) is 90.6 Å². The SMILES string of the molecule is CC(CCC(Cc1ccccc1)NC(=O)OCc1c[nH]s1)NC(=O)C(CCN1CCOCC1)NC(=O)N(C)Cc1csc(C(C)C)n1.Cc1ccccc1. The minimum Gasteiger partial charge on any atom is -0.444 e. The number of hydrogen-bond donors (Lipinski definition) is 4. The Morgan fingerprint density at radius 1 is 0.963 bits per heavy atom. The summed E-state index contributed by atoms with van der Waals surface area (Å²) in [6.07, 6.45) is 3.70. The highest BCUT2D eigenvalue weighted by Crippen LogP contribution is 2.20. The molecule has 0 radical (unpaired) electrons. The maximum Gasteiger partial charge on any atom is 0.407 e. The third kappa shape index (κ3) is 15.6. The van der Waals surface area contributed by atoms with E-state index in [0.717, 1.165) is 34.2 Å². The van der Waals surface area contributed by atoms with Crippen molar-refractivity contribution in [1.82, 2.24) is 35.1 Å². The average molecular weight is 780 g/mol. The van der Waals surface area contributed by atoms with E-state index >= 15 is 0 Å². The van der Waals surface area contributed by atoms with Crippen LogP contribution in [-0.2, 0) is 33.8 Å². The first-order chi connectivity index (χ1) is 26.0. The van der Waals surface area contributed by atoms with Gasteiger partial charge >= 0.3 is 12.1 Å². The molecule has 3 unspecified atom stereocenters. The van der Waals surface area contributed by atoms with Crippen LogP contribution in [0.3, 0.4) is 0 Å². The summed E-state index contributed by atoms with van der Waals surface area (Å²) in [6, 6.07) is 18.8. The Morgan fingerprint density at radius 3 is 2.24 bits per heavy atom. The summed E-state index contributed by atoms with van der Waals surface area (Å²) < 4.78 is 13.8. The fourth-order valence-corrected chi connectivity index (χ4v) is 6.95. The quantitative estimate of drug-likeness (QED) is 0.0935. The highest BCUT2D eigenvalue weighted by molar-refractivity contribution is 7.09. The van der Waals surface area contributed by atoms with Gasteiger partial charge in [0, 0.05) is 56.3 Å². The van der Waals surface area contributed by atoms with Gasteiger partial charge in [-0.3, -0.25) is 9.69 Å². The van der Waals surface area contributed by atoms with Gasteiger partial charge in [0.25, 0.3) is 0 Å². The normalized spacial score (nSPS) is 14.6. The van der Waals surface area contributed by atoms with Crippen LogP contribution in [0.4, 0.5) is 9.59 Å². The molecule has 3 heterocycles. The molecule has 12 nitrogen and oxygen atoms in total. The zero-order valence-corrected chi connectivity index (χ0v) is 33.8. The number of benzene rings is 2. The van der Waals surface area contributed by atoms with Gasteiger partial charge in [0.15, 0.2) is 0 Å². The van der Waals surface area contributed by atoms with Gasteiger partial charge in [0.1, 0.15) is 12.6 Å². The molecule has 294 valence electrons. The van der Waals surface area contributed by atoms with Crippen LogP contribution < -0.4 is 16.0 Å². The smallest absolute Gasteiger partial charge is 0.407 e. The van der Waals surface area contributed by atoms with Crippen molar-refractivity contribution >= 4 is 40.9 Å². The van der Waals surface area contributed by atoms with Crippen LogP contribution in [0.2, 0.25) is 0 Å². The number of alkyl carbamates (subject to hydrolysis) is 1. The molecule has 1 fully saturated rings. The number of carbonyl (C=O) groups is 3. The number of nitrogens with one attached hydrogen (secondary N) is 4. The largest absolute Gasteiger partial charge is 0.444 e. The molecule has 0 aliphatic carbocycles. The first-order valence-electron chi connectivity index (χ1n) is 18.7. The van der Waals surface area contributed by atoms with Crippen LogP contribution in [0.25, 0.3) is 0 Å². The molecule has 3 atom stereocenters. The number of hydrogen-bond acceptors (Lipinski definition) is 9. The number of aryl methyl sites for hydroxylation is 1. The van der Waals surface area contributed by atoms with Crippen molar-refractivity contribution in [3.63, 3.8) is 0 Å². The van der Waals surface area contributed by atoms with Crippen molar-refractivity contribution in [1.29, 1.82) is 0 Å². The number of urea groups is 1. The molecule has 1 saturated heterocycles. The Morgan fingerprint density at radius 2 is 1.65 bits per heavy atom. The number of amides is 4. The summed E-state index contributed by atoms with van der Waals surface area (Å²) in [5.74, 6) is 0.100. The zero-order chi connectivity index (χ0) is 38.7. The topological polar surface area (TPSA) is 141 Å². The first kappa shape index (κ1) is 42.5. The van der Waals surface area contributed by atoms with Crippen LogP contribution in [0.1, 0.15) is 72.7 Å². The van der Waals surface area contributed by atoms with Crippen LogP contribution in [0.5, 0.6) is 0 Å². The van der Waals surface area contributed by atoms with Crippen molar-refractivity contribution in [3.8, 4) is 0 Å². The van der Waals surface area contributed by atoms with E-state index in [1.165, 1.54) is 17.1 Å². The Hall–Kier alpha value is -4.24. The van der Waals surface area contributed by atoms with Gasteiger partial charge in [-0.25, -0.2) is 14.6 Å². The van der Waals surface area contributed by atoms with E-state index in [2.05, 4.69) is 63.1 Å². The highest BCUT2D eigenvalue weighted by atomic mass is 32.1. The second-order valence-electron chi connectivity index (χ2n) is 14.0. The minimum atomic E-state index is -0.710. The summed E-state index contributed by atoms with van der Waals surface area (Å²) >= 11 is 3.03. The minimum absolute atomic E-state index is 0.183. The number of morpholine rings is 1. The molecule has 4 amide bonds. The van der Waals surface area contributed by atoms with Crippen molar-refractivity contribution in [2.75, 3.05) is 39.9 Å². The second-order valence-corrected chi connectivity index (χ2v) is 15.9. The summed E-state index contributed by atoms with van der Waals surface area (Å²) in [4.78, 5) is 48.9. The third-order valence-electron chi connectivity index (χ3n) is 8.94. The Labute approximate surface area is 328 Å². The third-order valence-corrected chi connectivity index (χ3v) is 10.9. The molecule has 0 spiro atoms. The van der Waals surface area contributed by atoms with E-state index in [4.69, 9.17) is 9.47 Å². The van der Waals surface area contributed by atoms with Gasteiger partial charge in [-0.15, -0.1) is 11.3 Å². The second kappa shape index (κ2) is 22.9. The van der Waals surface area contributed by atoms with E-state index in [1.54, 1.807) is 23.3 Å². The number of carbonyl (C=O) groups excluding carboxylic acids is 3. The number of aromatic amines is 1. The summed E-state index contributed by atoms with van der Waals surface area (Å²) in [5, 5.41) is 12.1. The molecule has 5 rings (SSSR count). The molecule has 14 heteroatoms. The molecule has 0 saturated carbocycles. The van der Waals surface area contributed by atoms with E-state index in [-0.39, 0.29) is 30.6 Å². The molecule has 54 heavy (non-hydrogen) atoms. The van der Waals surface area contributed by atoms with Gasteiger partial charge in [0.05, 0.1) is 35.3 Å². The van der Waals surface area contributed by atoms with E-state index in [9.17, 15) is 14.4 Å².